The van der Waals surface area contributed by atoms with Crippen LogP contribution in [0.25, 0.3) is 0 Å². The number of hydrogen-bond donors (Lipinski definition) is 1. The van der Waals surface area contributed by atoms with Crippen molar-refractivity contribution < 1.29 is 18.0 Å². The molecule has 2 aromatic carbocycles. The highest BCUT2D eigenvalue weighted by Crippen LogP contribution is 2.26. The van der Waals surface area contributed by atoms with E-state index in [1.54, 1.807) is 29.5 Å². The predicted molar refractivity (Wildman–Crippen MR) is 118 cm³/mol. The van der Waals surface area contributed by atoms with E-state index in [2.05, 4.69) is 17.2 Å². The van der Waals surface area contributed by atoms with Gasteiger partial charge in [0.15, 0.2) is 0 Å². The van der Waals surface area contributed by atoms with Crippen LogP contribution in [0.3, 0.4) is 0 Å². The maximum absolute atomic E-state index is 12.7. The van der Waals surface area contributed by atoms with E-state index in [1.165, 1.54) is 32.4 Å². The normalized spacial score (nSPS) is 11.1. The van der Waals surface area contributed by atoms with Crippen LogP contribution in [0.2, 0.25) is 5.02 Å². The van der Waals surface area contributed by atoms with Crippen molar-refractivity contribution in [3.8, 4) is 11.8 Å². The van der Waals surface area contributed by atoms with E-state index in [0.29, 0.717) is 10.2 Å². The van der Waals surface area contributed by atoms with Crippen molar-refractivity contribution >= 4 is 44.6 Å². The smallest absolute Gasteiger partial charge is 0.266 e. The van der Waals surface area contributed by atoms with Gasteiger partial charge in [-0.15, -0.1) is 11.3 Å². The standard InChI is InChI=1S/C21H17ClN2O4S2/c1-24(28-2)30(26,27)20-14-16(9-11-19(20)22)21(25)23-17-6-3-5-15(13-17)8-10-18-7-4-12-29-18/h3-7,9,11-14H,1-2H3,(H,23,25). The summed E-state index contributed by atoms with van der Waals surface area (Å²) in [5.74, 6) is 5.63. The van der Waals surface area contributed by atoms with Crippen LogP contribution in [-0.4, -0.2) is 33.0 Å². The van der Waals surface area contributed by atoms with Crippen molar-refractivity contribution in [3.05, 3.63) is 81.0 Å². The fourth-order valence-corrected chi connectivity index (χ4v) is 4.48. The van der Waals surface area contributed by atoms with Crippen molar-refractivity contribution in [2.24, 2.45) is 0 Å². The summed E-state index contributed by atoms with van der Waals surface area (Å²) in [4.78, 5) is 18.1. The van der Waals surface area contributed by atoms with Crippen LogP contribution in [0.15, 0.2) is 64.9 Å². The van der Waals surface area contributed by atoms with Gasteiger partial charge in [0.05, 0.1) is 17.0 Å². The summed E-state index contributed by atoms with van der Waals surface area (Å²) in [5, 5.41) is 4.68. The molecule has 0 aliphatic carbocycles. The third-order valence-corrected chi connectivity index (χ3v) is 6.99. The fraction of sp³-hybridized carbons (Fsp3) is 0.0952. The Labute approximate surface area is 184 Å². The molecule has 1 amide bonds. The maximum Gasteiger partial charge on any atom is 0.266 e. The van der Waals surface area contributed by atoms with Gasteiger partial charge in [0.25, 0.3) is 15.9 Å². The summed E-state index contributed by atoms with van der Waals surface area (Å²) in [6.45, 7) is 0. The molecule has 1 N–H and O–H groups in total. The van der Waals surface area contributed by atoms with Crippen molar-refractivity contribution in [2.45, 2.75) is 4.90 Å². The number of halogens is 1. The second-order valence-corrected chi connectivity index (χ2v) is 9.26. The molecule has 1 aromatic heterocycles. The molecule has 6 nitrogen and oxygen atoms in total. The summed E-state index contributed by atoms with van der Waals surface area (Å²) >= 11 is 7.58. The first-order valence-electron chi connectivity index (χ1n) is 8.61. The van der Waals surface area contributed by atoms with Gasteiger partial charge in [0.2, 0.25) is 0 Å². The summed E-state index contributed by atoms with van der Waals surface area (Å²) < 4.78 is 25.7. The Morgan fingerprint density at radius 2 is 1.93 bits per heavy atom. The molecule has 3 rings (SSSR count). The van der Waals surface area contributed by atoms with Crippen LogP contribution in [0, 0.1) is 11.8 Å². The van der Waals surface area contributed by atoms with Crippen LogP contribution in [-0.2, 0) is 14.9 Å². The molecule has 0 spiro atoms. The summed E-state index contributed by atoms with van der Waals surface area (Å²) in [7, 11) is -1.55. The van der Waals surface area contributed by atoms with Gasteiger partial charge < -0.3 is 5.32 Å². The average molecular weight is 461 g/mol. The van der Waals surface area contributed by atoms with Crippen LogP contribution < -0.4 is 5.32 Å². The molecule has 0 radical (unpaired) electrons. The minimum Gasteiger partial charge on any atom is -0.322 e. The largest absolute Gasteiger partial charge is 0.322 e. The molecular formula is C21H17ClN2O4S2. The number of nitrogens with one attached hydrogen (secondary N) is 1. The summed E-state index contributed by atoms with van der Waals surface area (Å²) in [5.41, 5.74) is 1.41. The third-order valence-electron chi connectivity index (χ3n) is 4.04. The fourth-order valence-electron chi connectivity index (χ4n) is 2.44. The van der Waals surface area contributed by atoms with Gasteiger partial charge >= 0.3 is 0 Å². The zero-order valence-electron chi connectivity index (χ0n) is 16.0. The number of hydrogen-bond acceptors (Lipinski definition) is 5. The van der Waals surface area contributed by atoms with Gasteiger partial charge in [-0.1, -0.05) is 40.0 Å². The van der Waals surface area contributed by atoms with Gasteiger partial charge in [-0.3, -0.25) is 9.63 Å². The number of carbonyl (C=O) groups excluding carboxylic acids is 1. The Bertz CT molecular complexity index is 1230. The molecule has 0 unspecified atom stereocenters. The number of carbonyl (C=O) groups is 1. The highest BCUT2D eigenvalue weighted by molar-refractivity contribution is 7.89. The van der Waals surface area contributed by atoms with Gasteiger partial charge in [-0.05, 0) is 47.8 Å². The van der Waals surface area contributed by atoms with E-state index in [-0.39, 0.29) is 15.5 Å². The number of nitrogens with zero attached hydrogens (tertiary/aromatic N) is 1. The van der Waals surface area contributed by atoms with Gasteiger partial charge in [0.1, 0.15) is 4.90 Å². The minimum absolute atomic E-state index is 0.0127. The van der Waals surface area contributed by atoms with E-state index in [0.717, 1.165) is 10.4 Å². The van der Waals surface area contributed by atoms with Crippen LogP contribution in [0.4, 0.5) is 5.69 Å². The van der Waals surface area contributed by atoms with E-state index in [4.69, 9.17) is 16.4 Å². The quantitative estimate of drug-likeness (QED) is 0.456. The molecule has 30 heavy (non-hydrogen) atoms. The number of amides is 1. The van der Waals surface area contributed by atoms with Crippen LogP contribution in [0.5, 0.6) is 0 Å². The Kier molecular flexibility index (Phi) is 6.92. The average Bonchev–Trinajstić information content (AvgIpc) is 3.25. The van der Waals surface area contributed by atoms with Crippen LogP contribution in [0.1, 0.15) is 20.8 Å². The molecule has 0 bridgehead atoms. The van der Waals surface area contributed by atoms with E-state index >= 15 is 0 Å². The molecule has 0 saturated heterocycles. The van der Waals surface area contributed by atoms with Gasteiger partial charge in [-0.25, -0.2) is 8.42 Å². The highest BCUT2D eigenvalue weighted by Gasteiger charge is 2.25. The van der Waals surface area contributed by atoms with E-state index < -0.39 is 15.9 Å². The molecule has 3 aromatic rings. The molecular weight excluding hydrogens is 444 g/mol. The molecule has 154 valence electrons. The Morgan fingerprint density at radius 3 is 2.63 bits per heavy atom. The lowest BCUT2D eigenvalue weighted by atomic mass is 10.1. The topological polar surface area (TPSA) is 75.7 Å². The van der Waals surface area contributed by atoms with Crippen molar-refractivity contribution in [1.82, 2.24) is 4.47 Å². The third kappa shape index (κ3) is 5.08. The number of benzene rings is 2. The van der Waals surface area contributed by atoms with Crippen molar-refractivity contribution in [2.75, 3.05) is 19.5 Å². The first-order chi connectivity index (χ1) is 14.3. The number of sulfonamides is 1. The molecule has 0 fully saturated rings. The van der Waals surface area contributed by atoms with E-state index in [1.807, 2.05) is 23.6 Å². The van der Waals surface area contributed by atoms with Gasteiger partial charge in [0, 0.05) is 23.9 Å². The monoisotopic (exact) mass is 460 g/mol. The Hall–Kier alpha value is -2.67. The highest BCUT2D eigenvalue weighted by atomic mass is 35.5. The molecule has 0 atom stereocenters. The maximum atomic E-state index is 12.7. The van der Waals surface area contributed by atoms with Crippen LogP contribution >= 0.6 is 22.9 Å². The van der Waals surface area contributed by atoms with Crippen molar-refractivity contribution in [3.63, 3.8) is 0 Å². The lowest BCUT2D eigenvalue weighted by Gasteiger charge is -2.16. The molecule has 1 heterocycles. The van der Waals surface area contributed by atoms with E-state index in [9.17, 15) is 13.2 Å². The molecule has 0 aliphatic rings. The first kappa shape index (κ1) is 22.0. The molecule has 9 heteroatoms. The number of thiophene rings is 1. The van der Waals surface area contributed by atoms with Crippen molar-refractivity contribution in [1.29, 1.82) is 0 Å². The SMILES string of the molecule is CON(C)S(=O)(=O)c1cc(C(=O)Nc2cccc(C#Cc3cccs3)c2)ccc1Cl. The zero-order valence-corrected chi connectivity index (χ0v) is 18.4. The Morgan fingerprint density at radius 1 is 1.13 bits per heavy atom. The molecule has 0 aliphatic heterocycles. The lowest BCUT2D eigenvalue weighted by molar-refractivity contribution is -0.0258. The number of rotatable bonds is 5. The Balaban J connectivity index is 1.83. The number of hydroxylamine groups is 1. The zero-order chi connectivity index (χ0) is 21.7. The minimum atomic E-state index is -4.00. The second-order valence-electron chi connectivity index (χ2n) is 6.00. The number of anilines is 1. The summed E-state index contributed by atoms with van der Waals surface area (Å²) in [6, 6.07) is 14.9. The summed E-state index contributed by atoms with van der Waals surface area (Å²) in [6.07, 6.45) is 0. The first-order valence-corrected chi connectivity index (χ1v) is 11.3. The molecule has 0 saturated carbocycles. The lowest BCUT2D eigenvalue weighted by Crippen LogP contribution is -2.26. The second kappa shape index (κ2) is 9.43. The predicted octanol–water partition coefficient (Wildman–Crippen LogP) is 4.24. The van der Waals surface area contributed by atoms with Gasteiger partial charge in [-0.2, -0.15) is 0 Å².